The van der Waals surface area contributed by atoms with E-state index in [9.17, 15) is 5.11 Å². The Bertz CT molecular complexity index is 156. The van der Waals surface area contributed by atoms with E-state index in [1.807, 2.05) is 0 Å². The molecule has 0 amide bonds. The molecule has 1 aliphatic heterocycles. The summed E-state index contributed by atoms with van der Waals surface area (Å²) >= 11 is 0. The van der Waals surface area contributed by atoms with Gasteiger partial charge in [0.05, 0.1) is 18.8 Å². The molecule has 3 atom stereocenters. The summed E-state index contributed by atoms with van der Waals surface area (Å²) in [6, 6.07) is 0. The van der Waals surface area contributed by atoms with Crippen LogP contribution in [0, 0.1) is 11.8 Å². The van der Waals surface area contributed by atoms with Crippen LogP contribution in [0.5, 0.6) is 0 Å². The highest BCUT2D eigenvalue weighted by atomic mass is 16.5. The van der Waals surface area contributed by atoms with Crippen molar-refractivity contribution in [3.8, 4) is 0 Å². The summed E-state index contributed by atoms with van der Waals surface area (Å²) in [5.41, 5.74) is 0. The van der Waals surface area contributed by atoms with Gasteiger partial charge in [0.1, 0.15) is 0 Å². The van der Waals surface area contributed by atoms with Gasteiger partial charge in [0.15, 0.2) is 0 Å². The molecule has 2 nitrogen and oxygen atoms in total. The fourth-order valence-corrected chi connectivity index (χ4v) is 2.03. The van der Waals surface area contributed by atoms with Crippen LogP contribution in [-0.4, -0.2) is 23.9 Å². The molecule has 0 aromatic carbocycles. The number of aliphatic hydroxyl groups excluding tert-OH is 1. The first-order valence-corrected chi connectivity index (χ1v) is 5.94. The largest absolute Gasteiger partial charge is 0.390 e. The molecule has 1 rings (SSSR count). The van der Waals surface area contributed by atoms with Gasteiger partial charge < -0.3 is 9.84 Å². The van der Waals surface area contributed by atoms with Gasteiger partial charge in [-0.3, -0.25) is 0 Å². The first-order valence-electron chi connectivity index (χ1n) is 5.94. The number of rotatable bonds is 4. The van der Waals surface area contributed by atoms with Crippen molar-refractivity contribution in [1.82, 2.24) is 0 Å². The number of ether oxygens (including phenoxy) is 1. The molecule has 0 aliphatic carbocycles. The third kappa shape index (κ3) is 3.25. The Hall–Kier alpha value is -0.0800. The third-order valence-electron chi connectivity index (χ3n) is 3.28. The molecule has 0 aromatic heterocycles. The maximum absolute atomic E-state index is 9.89. The highest BCUT2D eigenvalue weighted by Crippen LogP contribution is 2.27. The van der Waals surface area contributed by atoms with E-state index >= 15 is 0 Å². The molecule has 0 radical (unpaired) electrons. The predicted octanol–water partition coefficient (Wildman–Crippen LogP) is 2.60. The Morgan fingerprint density at radius 2 is 2.14 bits per heavy atom. The lowest BCUT2D eigenvalue weighted by molar-refractivity contribution is -0.109. The molecule has 0 saturated carbocycles. The van der Waals surface area contributed by atoms with Gasteiger partial charge in [-0.05, 0) is 24.7 Å². The second-order valence-electron chi connectivity index (χ2n) is 4.82. The lowest BCUT2D eigenvalue weighted by Crippen LogP contribution is -2.40. The highest BCUT2D eigenvalue weighted by molar-refractivity contribution is 4.79. The normalized spacial score (nSPS) is 33.6. The van der Waals surface area contributed by atoms with Crippen LogP contribution in [0.1, 0.15) is 46.5 Å². The van der Waals surface area contributed by atoms with Gasteiger partial charge in [-0.25, -0.2) is 0 Å². The van der Waals surface area contributed by atoms with E-state index in [2.05, 4.69) is 20.8 Å². The van der Waals surface area contributed by atoms with Crippen molar-refractivity contribution in [3.05, 3.63) is 0 Å². The van der Waals surface area contributed by atoms with Gasteiger partial charge in [0, 0.05) is 0 Å². The van der Waals surface area contributed by atoms with Crippen LogP contribution in [0.2, 0.25) is 0 Å². The fraction of sp³-hybridized carbons (Fsp3) is 1.00. The quantitative estimate of drug-likeness (QED) is 0.756. The molecular formula is C12H24O2. The molecule has 0 bridgehead atoms. The summed E-state index contributed by atoms with van der Waals surface area (Å²) in [6.45, 7) is 7.41. The summed E-state index contributed by atoms with van der Waals surface area (Å²) in [7, 11) is 0. The van der Waals surface area contributed by atoms with Crippen molar-refractivity contribution in [3.63, 3.8) is 0 Å². The van der Waals surface area contributed by atoms with Gasteiger partial charge in [0.25, 0.3) is 0 Å². The van der Waals surface area contributed by atoms with E-state index < -0.39 is 0 Å². The fourth-order valence-electron chi connectivity index (χ4n) is 2.03. The summed E-state index contributed by atoms with van der Waals surface area (Å²) in [5.74, 6) is 1.17. The summed E-state index contributed by atoms with van der Waals surface area (Å²) in [4.78, 5) is 0. The van der Waals surface area contributed by atoms with E-state index in [4.69, 9.17) is 4.74 Å². The van der Waals surface area contributed by atoms with Crippen LogP contribution in [0.15, 0.2) is 0 Å². The number of hydrogen-bond donors (Lipinski definition) is 1. The molecule has 1 fully saturated rings. The number of unbranched alkanes of at least 4 members (excludes halogenated alkanes) is 1. The maximum Gasteiger partial charge on any atom is 0.0834 e. The SMILES string of the molecule is CCCC[C@H]1OCC(C(C)C)C[C@@H]1O. The van der Waals surface area contributed by atoms with Crippen molar-refractivity contribution in [2.75, 3.05) is 6.61 Å². The Labute approximate surface area is 87.7 Å². The second kappa shape index (κ2) is 5.72. The first-order chi connectivity index (χ1) is 6.65. The van der Waals surface area contributed by atoms with Gasteiger partial charge in [-0.2, -0.15) is 0 Å². The Kier molecular flexibility index (Phi) is 4.90. The third-order valence-corrected chi connectivity index (χ3v) is 3.28. The van der Waals surface area contributed by atoms with Crippen molar-refractivity contribution >= 4 is 0 Å². The molecule has 1 N–H and O–H groups in total. The molecule has 1 saturated heterocycles. The van der Waals surface area contributed by atoms with Gasteiger partial charge >= 0.3 is 0 Å². The molecular weight excluding hydrogens is 176 g/mol. The van der Waals surface area contributed by atoms with Crippen LogP contribution >= 0.6 is 0 Å². The minimum absolute atomic E-state index is 0.102. The minimum atomic E-state index is -0.234. The van der Waals surface area contributed by atoms with Crippen LogP contribution in [0.25, 0.3) is 0 Å². The lowest BCUT2D eigenvalue weighted by atomic mass is 9.86. The lowest BCUT2D eigenvalue weighted by Gasteiger charge is -2.35. The molecule has 0 aromatic rings. The zero-order valence-electron chi connectivity index (χ0n) is 9.70. The Balaban J connectivity index is 2.32. The molecule has 14 heavy (non-hydrogen) atoms. The molecule has 2 heteroatoms. The standard InChI is InChI=1S/C12H24O2/c1-4-5-6-12-11(13)7-10(8-14-12)9(2)3/h9-13H,4-8H2,1-3H3/t10?,11-,12+/m0/s1. The van der Waals surface area contributed by atoms with E-state index in [1.165, 1.54) is 6.42 Å². The molecule has 0 spiro atoms. The van der Waals surface area contributed by atoms with E-state index in [0.717, 1.165) is 25.9 Å². The van der Waals surface area contributed by atoms with Gasteiger partial charge in [-0.1, -0.05) is 33.6 Å². The van der Waals surface area contributed by atoms with E-state index in [-0.39, 0.29) is 12.2 Å². The van der Waals surface area contributed by atoms with Crippen LogP contribution < -0.4 is 0 Å². The summed E-state index contributed by atoms with van der Waals surface area (Å²) in [6.07, 6.45) is 4.15. The van der Waals surface area contributed by atoms with E-state index in [0.29, 0.717) is 11.8 Å². The van der Waals surface area contributed by atoms with Crippen molar-refractivity contribution in [2.45, 2.75) is 58.7 Å². The van der Waals surface area contributed by atoms with Crippen molar-refractivity contribution < 1.29 is 9.84 Å². The molecule has 1 heterocycles. The summed E-state index contributed by atoms with van der Waals surface area (Å²) in [5, 5.41) is 9.89. The molecule has 1 aliphatic rings. The van der Waals surface area contributed by atoms with Crippen molar-refractivity contribution in [1.29, 1.82) is 0 Å². The monoisotopic (exact) mass is 200 g/mol. The number of aliphatic hydroxyl groups is 1. The van der Waals surface area contributed by atoms with Crippen molar-refractivity contribution in [2.24, 2.45) is 11.8 Å². The number of hydrogen-bond acceptors (Lipinski definition) is 2. The topological polar surface area (TPSA) is 29.5 Å². The average Bonchev–Trinajstić information content (AvgIpc) is 2.15. The minimum Gasteiger partial charge on any atom is -0.390 e. The molecule has 1 unspecified atom stereocenters. The van der Waals surface area contributed by atoms with Crippen LogP contribution in [0.4, 0.5) is 0 Å². The zero-order chi connectivity index (χ0) is 10.6. The van der Waals surface area contributed by atoms with E-state index in [1.54, 1.807) is 0 Å². The van der Waals surface area contributed by atoms with Crippen LogP contribution in [0.3, 0.4) is 0 Å². The average molecular weight is 200 g/mol. The first kappa shape index (κ1) is 12.0. The van der Waals surface area contributed by atoms with Gasteiger partial charge in [0.2, 0.25) is 0 Å². The second-order valence-corrected chi connectivity index (χ2v) is 4.82. The van der Waals surface area contributed by atoms with Gasteiger partial charge in [-0.15, -0.1) is 0 Å². The summed E-state index contributed by atoms with van der Waals surface area (Å²) < 4.78 is 5.72. The Morgan fingerprint density at radius 1 is 1.43 bits per heavy atom. The zero-order valence-corrected chi connectivity index (χ0v) is 9.70. The predicted molar refractivity (Wildman–Crippen MR) is 58.2 cm³/mol. The smallest absolute Gasteiger partial charge is 0.0834 e. The molecule has 84 valence electrons. The maximum atomic E-state index is 9.89. The van der Waals surface area contributed by atoms with Crippen LogP contribution in [-0.2, 0) is 4.74 Å². The highest BCUT2D eigenvalue weighted by Gasteiger charge is 2.30. The Morgan fingerprint density at radius 3 is 2.64 bits per heavy atom.